The first-order valence-electron chi connectivity index (χ1n) is 6.69. The molecule has 20 heavy (non-hydrogen) atoms. The first-order valence-corrected chi connectivity index (χ1v) is 6.69. The van der Waals surface area contributed by atoms with Gasteiger partial charge < -0.3 is 20.9 Å². The van der Waals surface area contributed by atoms with Crippen molar-refractivity contribution in [2.24, 2.45) is 4.99 Å². The fraction of sp³-hybridized carbons (Fsp3) is 0.769. The highest BCUT2D eigenvalue weighted by atomic mass is 16.2. The van der Waals surface area contributed by atoms with Crippen LogP contribution in [0.25, 0.3) is 0 Å². The van der Waals surface area contributed by atoms with Gasteiger partial charge in [0.15, 0.2) is 5.96 Å². The molecule has 3 N–H and O–H groups in total. The summed E-state index contributed by atoms with van der Waals surface area (Å²) in [5.74, 6) is 0.232. The highest BCUT2D eigenvalue weighted by Gasteiger charge is 2.13. The second-order valence-electron chi connectivity index (χ2n) is 5.64. The molecule has 0 rings (SSSR count). The molecule has 116 valence electrons. The zero-order valence-corrected chi connectivity index (χ0v) is 13.3. The van der Waals surface area contributed by atoms with Crippen molar-refractivity contribution in [1.29, 1.82) is 0 Å². The van der Waals surface area contributed by atoms with Gasteiger partial charge >= 0.3 is 0 Å². The molecule has 0 saturated carbocycles. The smallest absolute Gasteiger partial charge is 0.242 e. The normalized spacial score (nSPS) is 11.8. The van der Waals surface area contributed by atoms with Crippen LogP contribution in [-0.4, -0.2) is 61.9 Å². The number of nitrogens with zero attached hydrogens (tertiary/aromatic N) is 2. The molecule has 0 saturated heterocycles. The first kappa shape index (κ1) is 18.2. The van der Waals surface area contributed by atoms with Gasteiger partial charge in [0.1, 0.15) is 6.54 Å². The van der Waals surface area contributed by atoms with Gasteiger partial charge in [0, 0.05) is 26.2 Å². The van der Waals surface area contributed by atoms with Crippen molar-refractivity contribution in [3.8, 4) is 0 Å². The molecule has 0 bridgehead atoms. The molecule has 0 heterocycles. The fourth-order valence-electron chi connectivity index (χ4n) is 1.27. The van der Waals surface area contributed by atoms with E-state index in [0.717, 1.165) is 0 Å². The van der Waals surface area contributed by atoms with Crippen LogP contribution in [-0.2, 0) is 9.59 Å². The number of amides is 2. The lowest BCUT2D eigenvalue weighted by Crippen LogP contribution is -2.45. The Bertz CT molecular complexity index is 358. The summed E-state index contributed by atoms with van der Waals surface area (Å²) in [6, 6.07) is 0. The minimum absolute atomic E-state index is 0.0166. The van der Waals surface area contributed by atoms with E-state index in [1.807, 2.05) is 27.7 Å². The summed E-state index contributed by atoms with van der Waals surface area (Å²) in [7, 11) is 3.37. The zero-order chi connectivity index (χ0) is 15.8. The summed E-state index contributed by atoms with van der Waals surface area (Å²) < 4.78 is 0. The van der Waals surface area contributed by atoms with Gasteiger partial charge in [-0.1, -0.05) is 0 Å². The summed E-state index contributed by atoms with van der Waals surface area (Å²) in [6.07, 6.45) is 0. The Kier molecular flexibility index (Phi) is 7.64. The minimum Gasteiger partial charge on any atom is -0.357 e. The number of nitrogens with one attached hydrogen (secondary N) is 3. The number of guanidine groups is 1. The molecule has 0 aromatic carbocycles. The topological polar surface area (TPSA) is 85.8 Å². The van der Waals surface area contributed by atoms with Crippen molar-refractivity contribution in [1.82, 2.24) is 20.9 Å². The van der Waals surface area contributed by atoms with Gasteiger partial charge in [-0.2, -0.15) is 0 Å². The van der Waals surface area contributed by atoms with E-state index < -0.39 is 0 Å². The summed E-state index contributed by atoms with van der Waals surface area (Å²) in [6.45, 7) is 8.46. The third-order valence-electron chi connectivity index (χ3n) is 2.15. The van der Waals surface area contributed by atoms with Crippen molar-refractivity contribution in [2.75, 3.05) is 33.7 Å². The van der Waals surface area contributed by atoms with Gasteiger partial charge in [0.2, 0.25) is 11.8 Å². The van der Waals surface area contributed by atoms with Crippen LogP contribution in [0.2, 0.25) is 0 Å². The standard InChI is InChI=1S/C13H27N5O2/c1-7-14-12(16-9-11(20)18(5)6)15-8-10(19)17-13(2,3)4/h7-9H2,1-6H3,(H,17,19)(H2,14,15,16). The van der Waals surface area contributed by atoms with E-state index in [1.165, 1.54) is 4.90 Å². The predicted octanol–water partition coefficient (Wildman–Crippen LogP) is -0.456. The van der Waals surface area contributed by atoms with Crippen LogP contribution in [0.5, 0.6) is 0 Å². The zero-order valence-electron chi connectivity index (χ0n) is 13.3. The highest BCUT2D eigenvalue weighted by Crippen LogP contribution is 1.97. The van der Waals surface area contributed by atoms with Gasteiger partial charge in [0.05, 0.1) is 6.54 Å². The molecule has 0 aromatic heterocycles. The van der Waals surface area contributed by atoms with Gasteiger partial charge in [-0.15, -0.1) is 0 Å². The van der Waals surface area contributed by atoms with Gasteiger partial charge in [0.25, 0.3) is 0 Å². The molecule has 0 unspecified atom stereocenters. The lowest BCUT2D eigenvalue weighted by atomic mass is 10.1. The van der Waals surface area contributed by atoms with Crippen molar-refractivity contribution < 1.29 is 9.59 Å². The monoisotopic (exact) mass is 285 g/mol. The average molecular weight is 285 g/mol. The lowest BCUT2D eigenvalue weighted by molar-refractivity contribution is -0.127. The van der Waals surface area contributed by atoms with Crippen molar-refractivity contribution in [2.45, 2.75) is 33.2 Å². The molecular weight excluding hydrogens is 258 g/mol. The Morgan fingerprint density at radius 3 is 2.20 bits per heavy atom. The van der Waals surface area contributed by atoms with Crippen LogP contribution in [0.4, 0.5) is 0 Å². The molecule has 0 spiro atoms. The average Bonchev–Trinajstić information content (AvgIpc) is 2.29. The van der Waals surface area contributed by atoms with Crippen molar-refractivity contribution in [3.05, 3.63) is 0 Å². The van der Waals surface area contributed by atoms with Crippen LogP contribution in [0, 0.1) is 0 Å². The number of carbonyl (C=O) groups is 2. The summed E-state index contributed by atoms with van der Waals surface area (Å²) in [5.41, 5.74) is -0.279. The van der Waals surface area contributed by atoms with Crippen molar-refractivity contribution >= 4 is 17.8 Å². The number of carbonyl (C=O) groups excluding carboxylic acids is 2. The molecule has 0 aliphatic heterocycles. The molecule has 0 aliphatic rings. The molecule has 0 radical (unpaired) electrons. The van der Waals surface area contributed by atoms with Crippen LogP contribution in [0.1, 0.15) is 27.7 Å². The van der Waals surface area contributed by atoms with Gasteiger partial charge in [-0.25, -0.2) is 4.99 Å². The van der Waals surface area contributed by atoms with Gasteiger partial charge in [-0.3, -0.25) is 9.59 Å². The quantitative estimate of drug-likeness (QED) is 0.471. The molecule has 2 amide bonds. The Balaban J connectivity index is 4.40. The number of likely N-dealkylation sites (N-methyl/N-ethyl adjacent to an activating group) is 1. The molecule has 0 aliphatic carbocycles. The molecule has 7 nitrogen and oxygen atoms in total. The number of hydrogen-bond donors (Lipinski definition) is 3. The maximum atomic E-state index is 11.7. The molecular formula is C13H27N5O2. The Morgan fingerprint density at radius 1 is 1.15 bits per heavy atom. The fourth-order valence-corrected chi connectivity index (χ4v) is 1.27. The van der Waals surface area contributed by atoms with Crippen LogP contribution < -0.4 is 16.0 Å². The highest BCUT2D eigenvalue weighted by molar-refractivity contribution is 5.88. The van der Waals surface area contributed by atoms with E-state index in [-0.39, 0.29) is 30.4 Å². The summed E-state index contributed by atoms with van der Waals surface area (Å²) in [5, 5.41) is 8.69. The van der Waals surface area contributed by atoms with Crippen LogP contribution in [0.3, 0.4) is 0 Å². The van der Waals surface area contributed by atoms with E-state index in [9.17, 15) is 9.59 Å². The van der Waals surface area contributed by atoms with E-state index in [4.69, 9.17) is 0 Å². The second kappa shape index (κ2) is 8.39. The third kappa shape index (κ3) is 9.18. The third-order valence-corrected chi connectivity index (χ3v) is 2.15. The molecule has 0 atom stereocenters. The molecule has 0 fully saturated rings. The lowest BCUT2D eigenvalue weighted by Gasteiger charge is -2.20. The number of hydrogen-bond acceptors (Lipinski definition) is 3. The predicted molar refractivity (Wildman–Crippen MR) is 80.6 cm³/mol. The molecule has 7 heteroatoms. The number of rotatable bonds is 5. The largest absolute Gasteiger partial charge is 0.357 e. The van der Waals surface area contributed by atoms with E-state index >= 15 is 0 Å². The number of aliphatic imine (C=N–C) groups is 1. The maximum Gasteiger partial charge on any atom is 0.242 e. The van der Waals surface area contributed by atoms with Crippen LogP contribution in [0.15, 0.2) is 4.99 Å². The SMILES string of the molecule is CCNC(=NCC(=O)NC(C)(C)C)NCC(=O)N(C)C. The first-order chi connectivity index (χ1) is 9.15. The van der Waals surface area contributed by atoms with E-state index in [0.29, 0.717) is 12.5 Å². The minimum atomic E-state index is -0.279. The Hall–Kier alpha value is -1.79. The second-order valence-corrected chi connectivity index (χ2v) is 5.64. The Morgan fingerprint density at radius 2 is 1.75 bits per heavy atom. The van der Waals surface area contributed by atoms with Crippen molar-refractivity contribution in [3.63, 3.8) is 0 Å². The van der Waals surface area contributed by atoms with Crippen LogP contribution >= 0.6 is 0 Å². The Labute approximate surface area is 121 Å². The van der Waals surface area contributed by atoms with E-state index in [1.54, 1.807) is 14.1 Å². The summed E-state index contributed by atoms with van der Waals surface area (Å²) in [4.78, 5) is 28.8. The summed E-state index contributed by atoms with van der Waals surface area (Å²) >= 11 is 0. The van der Waals surface area contributed by atoms with Gasteiger partial charge in [-0.05, 0) is 27.7 Å². The maximum absolute atomic E-state index is 11.7. The van der Waals surface area contributed by atoms with E-state index in [2.05, 4.69) is 20.9 Å². The molecule has 0 aromatic rings.